The zero-order valence-electron chi connectivity index (χ0n) is 8.29. The van der Waals surface area contributed by atoms with Crippen LogP contribution in [0.5, 0.6) is 0 Å². The molecule has 94 valence electrons. The molecule has 1 atom stereocenters. The van der Waals surface area contributed by atoms with Crippen molar-refractivity contribution >= 4 is 24.8 Å². The average Bonchev–Trinajstić information content (AvgIpc) is 2.04. The summed E-state index contributed by atoms with van der Waals surface area (Å²) in [5, 5.41) is 0. The first-order chi connectivity index (χ1) is 6.04. The van der Waals surface area contributed by atoms with E-state index in [0.29, 0.717) is 19.5 Å². The van der Waals surface area contributed by atoms with Gasteiger partial charge in [0.25, 0.3) is 0 Å². The molecule has 0 radical (unpaired) electrons. The molecule has 0 bridgehead atoms. The van der Waals surface area contributed by atoms with Gasteiger partial charge in [0.2, 0.25) is 0 Å². The van der Waals surface area contributed by atoms with Crippen LogP contribution in [0.25, 0.3) is 0 Å². The van der Waals surface area contributed by atoms with Gasteiger partial charge in [-0.25, -0.2) is 0 Å². The fraction of sp³-hybridized carbons (Fsp3) is 1.00. The van der Waals surface area contributed by atoms with Gasteiger partial charge in [-0.2, -0.15) is 13.2 Å². The van der Waals surface area contributed by atoms with E-state index in [1.807, 2.05) is 0 Å². The van der Waals surface area contributed by atoms with Gasteiger partial charge in [-0.3, -0.25) is 0 Å². The van der Waals surface area contributed by atoms with Gasteiger partial charge in [0.15, 0.2) is 0 Å². The number of hydrogen-bond acceptors (Lipinski definition) is 2. The van der Waals surface area contributed by atoms with E-state index < -0.39 is 12.1 Å². The quantitative estimate of drug-likeness (QED) is 0.831. The fourth-order valence-electron chi connectivity index (χ4n) is 1.71. The van der Waals surface area contributed by atoms with Crippen LogP contribution in [0.4, 0.5) is 13.2 Å². The Morgan fingerprint density at radius 2 is 1.87 bits per heavy atom. The monoisotopic (exact) mass is 268 g/mol. The van der Waals surface area contributed by atoms with Crippen LogP contribution in [0.2, 0.25) is 0 Å². The number of halogens is 5. The zero-order chi connectivity index (χ0) is 9.90. The Labute approximate surface area is 100 Å². The molecule has 2 nitrogen and oxygen atoms in total. The van der Waals surface area contributed by atoms with E-state index in [1.54, 1.807) is 4.90 Å². The fourth-order valence-corrected chi connectivity index (χ4v) is 1.71. The van der Waals surface area contributed by atoms with Crippen molar-refractivity contribution in [3.8, 4) is 0 Å². The standard InChI is InChI=1S/C8H15F3N2.2ClH/c9-8(10,11)7-2-1-4-13(6-7)5-3-12;;/h7H,1-6,12H2;2*1H/t7-;;/m1../s1. The molecule has 0 unspecified atom stereocenters. The van der Waals surface area contributed by atoms with E-state index in [1.165, 1.54) is 0 Å². The Kier molecular flexibility index (Phi) is 8.89. The SMILES string of the molecule is Cl.Cl.NCCN1CCC[C@@H](C(F)(F)F)C1. The summed E-state index contributed by atoms with van der Waals surface area (Å²) in [4.78, 5) is 1.79. The molecule has 1 aliphatic heterocycles. The lowest BCUT2D eigenvalue weighted by Gasteiger charge is -2.33. The lowest BCUT2D eigenvalue weighted by Crippen LogP contribution is -2.43. The molecule has 1 saturated heterocycles. The number of piperidine rings is 1. The van der Waals surface area contributed by atoms with Gasteiger partial charge in [-0.1, -0.05) is 0 Å². The van der Waals surface area contributed by atoms with Crippen molar-refractivity contribution < 1.29 is 13.2 Å². The van der Waals surface area contributed by atoms with E-state index in [2.05, 4.69) is 0 Å². The summed E-state index contributed by atoms with van der Waals surface area (Å²) in [6.45, 7) is 1.89. The minimum Gasteiger partial charge on any atom is -0.329 e. The molecule has 0 saturated carbocycles. The molecule has 1 aliphatic rings. The first-order valence-electron chi connectivity index (χ1n) is 4.53. The molecule has 0 amide bonds. The summed E-state index contributed by atoms with van der Waals surface area (Å²) in [6.07, 6.45) is -3.14. The van der Waals surface area contributed by atoms with Gasteiger partial charge in [0.05, 0.1) is 5.92 Å². The largest absolute Gasteiger partial charge is 0.393 e. The first kappa shape index (κ1) is 17.7. The highest BCUT2D eigenvalue weighted by molar-refractivity contribution is 5.85. The summed E-state index contributed by atoms with van der Waals surface area (Å²) in [5.41, 5.74) is 5.29. The van der Waals surface area contributed by atoms with Gasteiger partial charge >= 0.3 is 6.18 Å². The predicted octanol–water partition coefficient (Wildman–Crippen LogP) is 2.06. The summed E-state index contributed by atoms with van der Waals surface area (Å²) in [6, 6.07) is 0. The molecule has 0 aromatic heterocycles. The first-order valence-corrected chi connectivity index (χ1v) is 4.53. The molecule has 0 aromatic carbocycles. The molecular weight excluding hydrogens is 252 g/mol. The van der Waals surface area contributed by atoms with Crippen LogP contribution in [0.3, 0.4) is 0 Å². The van der Waals surface area contributed by atoms with E-state index in [4.69, 9.17) is 5.73 Å². The molecule has 0 aromatic rings. The number of rotatable bonds is 2. The maximum atomic E-state index is 12.3. The molecule has 2 N–H and O–H groups in total. The van der Waals surface area contributed by atoms with Crippen LogP contribution in [0, 0.1) is 5.92 Å². The minimum absolute atomic E-state index is 0. The number of nitrogens with two attached hydrogens (primary N) is 1. The smallest absolute Gasteiger partial charge is 0.329 e. The van der Waals surface area contributed by atoms with Gasteiger partial charge in [0.1, 0.15) is 0 Å². The maximum Gasteiger partial charge on any atom is 0.393 e. The van der Waals surface area contributed by atoms with Crippen molar-refractivity contribution in [1.82, 2.24) is 4.90 Å². The van der Waals surface area contributed by atoms with Crippen molar-refractivity contribution in [3.63, 3.8) is 0 Å². The molecule has 0 spiro atoms. The topological polar surface area (TPSA) is 29.3 Å². The van der Waals surface area contributed by atoms with E-state index in [9.17, 15) is 13.2 Å². The predicted molar refractivity (Wildman–Crippen MR) is 58.8 cm³/mol. The molecular formula is C8H17Cl2F3N2. The van der Waals surface area contributed by atoms with Gasteiger partial charge in [-0.15, -0.1) is 24.8 Å². The molecule has 15 heavy (non-hydrogen) atoms. The zero-order valence-corrected chi connectivity index (χ0v) is 9.93. The van der Waals surface area contributed by atoms with Crippen LogP contribution < -0.4 is 5.73 Å². The van der Waals surface area contributed by atoms with Crippen LogP contribution in [0.1, 0.15) is 12.8 Å². The molecule has 0 aliphatic carbocycles. The molecule has 1 heterocycles. The van der Waals surface area contributed by atoms with E-state index >= 15 is 0 Å². The van der Waals surface area contributed by atoms with E-state index in [0.717, 1.165) is 6.54 Å². The Morgan fingerprint density at radius 1 is 1.27 bits per heavy atom. The second kappa shape index (κ2) is 7.54. The Morgan fingerprint density at radius 3 is 2.33 bits per heavy atom. The van der Waals surface area contributed by atoms with Crippen molar-refractivity contribution in [1.29, 1.82) is 0 Å². The number of hydrogen-bond donors (Lipinski definition) is 1. The highest BCUT2D eigenvalue weighted by Gasteiger charge is 2.41. The van der Waals surface area contributed by atoms with Gasteiger partial charge in [0, 0.05) is 19.6 Å². The maximum absolute atomic E-state index is 12.3. The van der Waals surface area contributed by atoms with E-state index in [-0.39, 0.29) is 37.8 Å². The van der Waals surface area contributed by atoms with Crippen molar-refractivity contribution in [2.75, 3.05) is 26.2 Å². The van der Waals surface area contributed by atoms with Crippen molar-refractivity contribution in [2.45, 2.75) is 19.0 Å². The third-order valence-electron chi connectivity index (χ3n) is 2.41. The second-order valence-corrected chi connectivity index (χ2v) is 3.47. The molecule has 1 fully saturated rings. The Hall–Kier alpha value is 0.290. The normalized spacial score (nSPS) is 22.8. The van der Waals surface area contributed by atoms with Crippen molar-refractivity contribution in [2.24, 2.45) is 11.7 Å². The van der Waals surface area contributed by atoms with Crippen LogP contribution in [0.15, 0.2) is 0 Å². The Bertz CT molecular complexity index is 164. The van der Waals surface area contributed by atoms with Crippen LogP contribution in [-0.4, -0.2) is 37.3 Å². The Balaban J connectivity index is 0. The minimum atomic E-state index is -4.03. The summed E-state index contributed by atoms with van der Waals surface area (Å²) >= 11 is 0. The van der Waals surface area contributed by atoms with Crippen LogP contribution in [-0.2, 0) is 0 Å². The highest BCUT2D eigenvalue weighted by atomic mass is 35.5. The third kappa shape index (κ3) is 5.80. The van der Waals surface area contributed by atoms with Crippen molar-refractivity contribution in [3.05, 3.63) is 0 Å². The number of alkyl halides is 3. The van der Waals surface area contributed by atoms with Gasteiger partial charge < -0.3 is 10.6 Å². The lowest BCUT2D eigenvalue weighted by atomic mass is 9.97. The third-order valence-corrected chi connectivity index (χ3v) is 2.41. The number of likely N-dealkylation sites (tertiary alicyclic amines) is 1. The molecule has 1 rings (SSSR count). The van der Waals surface area contributed by atoms with Gasteiger partial charge in [-0.05, 0) is 19.4 Å². The number of nitrogens with zero attached hydrogens (tertiary/aromatic N) is 1. The highest BCUT2D eigenvalue weighted by Crippen LogP contribution is 2.32. The second-order valence-electron chi connectivity index (χ2n) is 3.47. The molecule has 7 heteroatoms. The summed E-state index contributed by atoms with van der Waals surface area (Å²) in [7, 11) is 0. The summed E-state index contributed by atoms with van der Waals surface area (Å²) in [5.74, 6) is -1.15. The van der Waals surface area contributed by atoms with Crippen LogP contribution >= 0.6 is 24.8 Å². The lowest BCUT2D eigenvalue weighted by molar-refractivity contribution is -0.186. The average molecular weight is 269 g/mol. The summed E-state index contributed by atoms with van der Waals surface area (Å²) < 4.78 is 36.9.